The number of rotatable bonds is 4. The highest BCUT2D eigenvalue weighted by Crippen LogP contribution is 2.23. The number of halogens is 2. The minimum Gasteiger partial charge on any atom is -0.375 e. The van der Waals surface area contributed by atoms with E-state index in [0.29, 0.717) is 5.56 Å². The van der Waals surface area contributed by atoms with E-state index in [0.717, 1.165) is 12.1 Å². The molecule has 0 unspecified atom stereocenters. The molecule has 2 atom stereocenters. The van der Waals surface area contributed by atoms with Crippen molar-refractivity contribution in [3.8, 4) is 0 Å². The van der Waals surface area contributed by atoms with Crippen LogP contribution in [0, 0.1) is 17.0 Å². The van der Waals surface area contributed by atoms with Crippen LogP contribution in [-0.4, -0.2) is 19.1 Å². The first-order chi connectivity index (χ1) is 9.16. The molecule has 1 N–H and O–H groups in total. The third-order valence-electron chi connectivity index (χ3n) is 3.02. The van der Waals surface area contributed by atoms with E-state index in [9.17, 15) is 13.6 Å². The van der Waals surface area contributed by atoms with Crippen molar-refractivity contribution in [3.63, 3.8) is 0 Å². The Labute approximate surface area is 118 Å². The Bertz CT molecular complexity index is 483. The van der Waals surface area contributed by atoms with E-state index in [1.165, 1.54) is 13.2 Å². The van der Waals surface area contributed by atoms with E-state index in [-0.39, 0.29) is 11.9 Å². The van der Waals surface area contributed by atoms with Crippen LogP contribution in [0.3, 0.4) is 0 Å². The standard InChI is InChI=1S/C15H21F2NO2/c1-9(18-14(19)15(2,3)4)13(20-5)10-6-7-11(16)12(17)8-10/h6-9,13H,1-5H3,(H,18,19)/t9-,13-/m0/s1. The second kappa shape index (κ2) is 6.31. The van der Waals surface area contributed by atoms with Gasteiger partial charge in [0, 0.05) is 12.5 Å². The number of carbonyl (C=O) groups is 1. The Morgan fingerprint density at radius 1 is 1.25 bits per heavy atom. The third kappa shape index (κ3) is 4.00. The van der Waals surface area contributed by atoms with Gasteiger partial charge >= 0.3 is 0 Å². The van der Waals surface area contributed by atoms with Gasteiger partial charge in [-0.3, -0.25) is 4.79 Å². The van der Waals surface area contributed by atoms with Gasteiger partial charge in [0.05, 0.1) is 6.04 Å². The highest BCUT2D eigenvalue weighted by molar-refractivity contribution is 5.81. The third-order valence-corrected chi connectivity index (χ3v) is 3.02. The molecule has 0 bridgehead atoms. The van der Waals surface area contributed by atoms with Gasteiger partial charge in [-0.25, -0.2) is 8.78 Å². The van der Waals surface area contributed by atoms with Crippen LogP contribution >= 0.6 is 0 Å². The molecule has 1 amide bonds. The van der Waals surface area contributed by atoms with Crippen LogP contribution in [0.1, 0.15) is 39.4 Å². The van der Waals surface area contributed by atoms with Crippen molar-refractivity contribution in [1.29, 1.82) is 0 Å². The quantitative estimate of drug-likeness (QED) is 0.922. The fourth-order valence-electron chi connectivity index (χ4n) is 1.82. The molecular formula is C15H21F2NO2. The van der Waals surface area contributed by atoms with Crippen LogP contribution in [-0.2, 0) is 9.53 Å². The molecule has 1 rings (SSSR count). The van der Waals surface area contributed by atoms with Gasteiger partial charge in [0.15, 0.2) is 11.6 Å². The summed E-state index contributed by atoms with van der Waals surface area (Å²) in [5.74, 6) is -1.97. The van der Waals surface area contributed by atoms with Crippen LogP contribution < -0.4 is 5.32 Å². The van der Waals surface area contributed by atoms with Gasteiger partial charge in [0.2, 0.25) is 5.91 Å². The Kier molecular flexibility index (Phi) is 5.22. The summed E-state index contributed by atoms with van der Waals surface area (Å²) >= 11 is 0. The Morgan fingerprint density at radius 2 is 1.85 bits per heavy atom. The fraction of sp³-hybridized carbons (Fsp3) is 0.533. The summed E-state index contributed by atoms with van der Waals surface area (Å²) in [7, 11) is 1.46. The molecule has 20 heavy (non-hydrogen) atoms. The summed E-state index contributed by atoms with van der Waals surface area (Å²) < 4.78 is 31.5. The molecule has 1 aromatic carbocycles. The lowest BCUT2D eigenvalue weighted by Crippen LogP contribution is -2.43. The molecule has 0 radical (unpaired) electrons. The number of amides is 1. The average molecular weight is 285 g/mol. The summed E-state index contributed by atoms with van der Waals surface area (Å²) in [5.41, 5.74) is -0.0475. The highest BCUT2D eigenvalue weighted by Gasteiger charge is 2.27. The van der Waals surface area contributed by atoms with Crippen LogP contribution in [0.15, 0.2) is 18.2 Å². The largest absolute Gasteiger partial charge is 0.375 e. The van der Waals surface area contributed by atoms with E-state index in [4.69, 9.17) is 4.74 Å². The molecule has 0 spiro atoms. The zero-order valence-electron chi connectivity index (χ0n) is 12.5. The van der Waals surface area contributed by atoms with Crippen LogP contribution in [0.4, 0.5) is 8.78 Å². The molecule has 0 fully saturated rings. The number of benzene rings is 1. The first-order valence-corrected chi connectivity index (χ1v) is 6.45. The molecule has 3 nitrogen and oxygen atoms in total. The van der Waals surface area contributed by atoms with E-state index in [1.54, 1.807) is 27.7 Å². The maximum Gasteiger partial charge on any atom is 0.225 e. The van der Waals surface area contributed by atoms with Crippen LogP contribution in [0.5, 0.6) is 0 Å². The molecule has 0 aliphatic rings. The average Bonchev–Trinajstić information content (AvgIpc) is 2.33. The zero-order chi connectivity index (χ0) is 15.5. The van der Waals surface area contributed by atoms with Crippen molar-refractivity contribution >= 4 is 5.91 Å². The molecular weight excluding hydrogens is 264 g/mol. The van der Waals surface area contributed by atoms with Crippen molar-refractivity contribution in [1.82, 2.24) is 5.32 Å². The second-order valence-corrected chi connectivity index (χ2v) is 5.84. The van der Waals surface area contributed by atoms with Gasteiger partial charge in [-0.1, -0.05) is 26.8 Å². The van der Waals surface area contributed by atoms with Crippen molar-refractivity contribution in [2.24, 2.45) is 5.41 Å². The number of hydrogen-bond acceptors (Lipinski definition) is 2. The van der Waals surface area contributed by atoms with Gasteiger partial charge in [-0.2, -0.15) is 0 Å². The summed E-state index contributed by atoms with van der Waals surface area (Å²) in [6.45, 7) is 7.16. The molecule has 1 aromatic rings. The van der Waals surface area contributed by atoms with E-state index >= 15 is 0 Å². The van der Waals surface area contributed by atoms with E-state index in [2.05, 4.69) is 5.32 Å². The highest BCUT2D eigenvalue weighted by atomic mass is 19.2. The van der Waals surface area contributed by atoms with Crippen molar-refractivity contribution in [2.75, 3.05) is 7.11 Å². The first-order valence-electron chi connectivity index (χ1n) is 6.45. The normalized spacial score (nSPS) is 14.8. The van der Waals surface area contributed by atoms with E-state index in [1.807, 2.05) is 0 Å². The Morgan fingerprint density at radius 3 is 2.30 bits per heavy atom. The lowest BCUT2D eigenvalue weighted by atomic mass is 9.94. The smallest absolute Gasteiger partial charge is 0.225 e. The number of hydrogen-bond donors (Lipinski definition) is 1. The van der Waals surface area contributed by atoms with Gasteiger partial charge in [-0.15, -0.1) is 0 Å². The first kappa shape index (κ1) is 16.6. The van der Waals surface area contributed by atoms with E-state index < -0.39 is 23.2 Å². The molecule has 0 saturated carbocycles. The van der Waals surface area contributed by atoms with Gasteiger partial charge in [-0.05, 0) is 24.6 Å². The lowest BCUT2D eigenvalue weighted by Gasteiger charge is -2.27. The maximum absolute atomic E-state index is 13.3. The Balaban J connectivity index is 2.89. The summed E-state index contributed by atoms with van der Waals surface area (Å²) in [6.07, 6.45) is -0.545. The minimum atomic E-state index is -0.932. The van der Waals surface area contributed by atoms with Gasteiger partial charge in [0.25, 0.3) is 0 Å². The van der Waals surface area contributed by atoms with Crippen LogP contribution in [0.2, 0.25) is 0 Å². The molecule has 0 saturated heterocycles. The molecule has 0 aromatic heterocycles. The summed E-state index contributed by atoms with van der Waals surface area (Å²) in [6, 6.07) is 3.22. The predicted octanol–water partition coefficient (Wildman–Crippen LogP) is 3.20. The number of ether oxygens (including phenoxy) is 1. The minimum absolute atomic E-state index is 0.130. The maximum atomic E-state index is 13.3. The zero-order valence-corrected chi connectivity index (χ0v) is 12.5. The summed E-state index contributed by atoms with van der Waals surface area (Å²) in [4.78, 5) is 11.9. The van der Waals surface area contributed by atoms with Gasteiger partial charge in [0.1, 0.15) is 6.10 Å². The Hall–Kier alpha value is -1.49. The molecule has 0 aliphatic carbocycles. The number of nitrogens with one attached hydrogen (secondary N) is 1. The molecule has 0 heterocycles. The summed E-state index contributed by atoms with van der Waals surface area (Å²) in [5, 5.41) is 2.82. The number of carbonyl (C=O) groups excluding carboxylic acids is 1. The molecule has 112 valence electrons. The van der Waals surface area contributed by atoms with Gasteiger partial charge < -0.3 is 10.1 Å². The van der Waals surface area contributed by atoms with Crippen LogP contribution in [0.25, 0.3) is 0 Å². The van der Waals surface area contributed by atoms with Crippen molar-refractivity contribution in [2.45, 2.75) is 39.8 Å². The fourth-order valence-corrected chi connectivity index (χ4v) is 1.82. The van der Waals surface area contributed by atoms with Crippen molar-refractivity contribution < 1.29 is 18.3 Å². The topological polar surface area (TPSA) is 38.3 Å². The molecule has 0 aliphatic heterocycles. The second-order valence-electron chi connectivity index (χ2n) is 5.84. The number of methoxy groups -OCH3 is 1. The van der Waals surface area contributed by atoms with Crippen molar-refractivity contribution in [3.05, 3.63) is 35.4 Å². The lowest BCUT2D eigenvalue weighted by molar-refractivity contribution is -0.130. The SMILES string of the molecule is CO[C@H](c1ccc(F)c(F)c1)[C@H](C)NC(=O)C(C)(C)C. The molecule has 5 heteroatoms. The monoisotopic (exact) mass is 285 g/mol. The predicted molar refractivity (Wildman–Crippen MR) is 73.2 cm³/mol.